The van der Waals surface area contributed by atoms with Gasteiger partial charge in [0.15, 0.2) is 0 Å². The Morgan fingerprint density at radius 1 is 1.50 bits per heavy atom. The van der Waals surface area contributed by atoms with Gasteiger partial charge in [-0.3, -0.25) is 0 Å². The minimum absolute atomic E-state index is 0.255. The second kappa shape index (κ2) is 4.16. The van der Waals surface area contributed by atoms with Gasteiger partial charge in [0.1, 0.15) is 5.82 Å². The summed E-state index contributed by atoms with van der Waals surface area (Å²) < 4.78 is 2.14. The van der Waals surface area contributed by atoms with Crippen molar-refractivity contribution in [2.45, 2.75) is 13.0 Å². The van der Waals surface area contributed by atoms with E-state index in [2.05, 4.69) is 15.5 Å². The van der Waals surface area contributed by atoms with Crippen molar-refractivity contribution in [3.8, 4) is 0 Å². The Kier molecular flexibility index (Phi) is 3.17. The lowest BCUT2D eigenvalue weighted by Crippen LogP contribution is -2.14. The first-order valence-corrected chi connectivity index (χ1v) is 4.19. The zero-order valence-corrected chi connectivity index (χ0v) is 7.70. The summed E-state index contributed by atoms with van der Waals surface area (Å²) >= 11 is 0. The molecular formula is C9H16N2O. The molecule has 0 fully saturated rings. The van der Waals surface area contributed by atoms with E-state index in [1.807, 2.05) is 26.4 Å². The van der Waals surface area contributed by atoms with E-state index >= 15 is 0 Å². The maximum Gasteiger partial charge on any atom is 0.107 e. The smallest absolute Gasteiger partial charge is 0.107 e. The Hall–Kier alpha value is -0.960. The molecule has 3 nitrogen and oxygen atoms in total. The fourth-order valence-corrected chi connectivity index (χ4v) is 1.24. The summed E-state index contributed by atoms with van der Waals surface area (Å²) in [6, 6.07) is 4.09. The Bertz CT molecular complexity index is 230. The van der Waals surface area contributed by atoms with Crippen LogP contribution in [-0.2, 0) is 6.54 Å². The van der Waals surface area contributed by atoms with Crippen LogP contribution in [0.2, 0.25) is 0 Å². The predicted octanol–water partition coefficient (Wildman–Crippen LogP) is 0.936. The fraction of sp³-hybridized carbons (Fsp3) is 0.556. The minimum Gasteiger partial charge on any atom is -0.396 e. The normalized spacial score (nSPS) is 10.2. The van der Waals surface area contributed by atoms with E-state index in [4.69, 9.17) is 5.11 Å². The van der Waals surface area contributed by atoms with E-state index < -0.39 is 0 Å². The third-order valence-corrected chi connectivity index (χ3v) is 1.82. The van der Waals surface area contributed by atoms with E-state index in [9.17, 15) is 0 Å². The first-order valence-electron chi connectivity index (χ1n) is 4.19. The quantitative estimate of drug-likeness (QED) is 0.724. The molecular weight excluding hydrogens is 152 g/mol. The molecule has 0 aliphatic heterocycles. The number of nitrogens with zero attached hydrogens (tertiary/aromatic N) is 2. The summed E-state index contributed by atoms with van der Waals surface area (Å²) in [5, 5.41) is 8.67. The van der Waals surface area contributed by atoms with Crippen molar-refractivity contribution in [2.24, 2.45) is 0 Å². The number of hydrogen-bond acceptors (Lipinski definition) is 2. The van der Waals surface area contributed by atoms with Gasteiger partial charge >= 0.3 is 0 Å². The van der Waals surface area contributed by atoms with Crippen LogP contribution < -0.4 is 4.90 Å². The molecule has 0 amide bonds. The van der Waals surface area contributed by atoms with Crippen molar-refractivity contribution in [3.05, 3.63) is 18.3 Å². The van der Waals surface area contributed by atoms with Crippen LogP contribution in [0.1, 0.15) is 6.42 Å². The highest BCUT2D eigenvalue weighted by Crippen LogP contribution is 2.12. The van der Waals surface area contributed by atoms with Gasteiger partial charge < -0.3 is 14.6 Å². The second-order valence-electron chi connectivity index (χ2n) is 3.03. The Morgan fingerprint density at radius 3 is 2.83 bits per heavy atom. The number of rotatable bonds is 4. The lowest BCUT2D eigenvalue weighted by Gasteiger charge is -2.15. The number of aliphatic hydroxyl groups is 1. The van der Waals surface area contributed by atoms with Crippen LogP contribution in [0.15, 0.2) is 18.3 Å². The molecule has 3 heteroatoms. The average Bonchev–Trinajstić information content (AvgIpc) is 2.48. The summed E-state index contributed by atoms with van der Waals surface area (Å²) in [5.41, 5.74) is 0. The van der Waals surface area contributed by atoms with Crippen molar-refractivity contribution in [3.63, 3.8) is 0 Å². The lowest BCUT2D eigenvalue weighted by molar-refractivity contribution is 0.280. The molecule has 1 rings (SSSR count). The third-order valence-electron chi connectivity index (χ3n) is 1.82. The number of aromatic nitrogens is 1. The molecule has 1 N–H and O–H groups in total. The van der Waals surface area contributed by atoms with Gasteiger partial charge in [-0.25, -0.2) is 0 Å². The van der Waals surface area contributed by atoms with Crippen molar-refractivity contribution in [1.82, 2.24) is 4.57 Å². The van der Waals surface area contributed by atoms with Crippen molar-refractivity contribution in [2.75, 3.05) is 25.6 Å². The molecule has 0 aliphatic rings. The van der Waals surface area contributed by atoms with Gasteiger partial charge in [-0.2, -0.15) is 0 Å². The van der Waals surface area contributed by atoms with Crippen molar-refractivity contribution >= 4 is 5.82 Å². The van der Waals surface area contributed by atoms with Gasteiger partial charge in [0.25, 0.3) is 0 Å². The first-order chi connectivity index (χ1) is 5.75. The number of aliphatic hydroxyl groups excluding tert-OH is 1. The van der Waals surface area contributed by atoms with E-state index in [1.165, 1.54) is 5.82 Å². The van der Waals surface area contributed by atoms with E-state index in [0.29, 0.717) is 0 Å². The van der Waals surface area contributed by atoms with Crippen LogP contribution in [0.4, 0.5) is 5.82 Å². The Morgan fingerprint density at radius 2 is 2.25 bits per heavy atom. The molecule has 0 radical (unpaired) electrons. The van der Waals surface area contributed by atoms with E-state index in [1.54, 1.807) is 0 Å². The summed E-state index contributed by atoms with van der Waals surface area (Å²) in [6.45, 7) is 1.14. The molecule has 68 valence electrons. The molecule has 0 spiro atoms. The summed E-state index contributed by atoms with van der Waals surface area (Å²) in [6.07, 6.45) is 2.85. The van der Waals surface area contributed by atoms with Crippen molar-refractivity contribution in [1.29, 1.82) is 0 Å². The third kappa shape index (κ3) is 2.01. The highest BCUT2D eigenvalue weighted by atomic mass is 16.3. The maximum absolute atomic E-state index is 8.67. The topological polar surface area (TPSA) is 28.4 Å². The molecule has 0 saturated heterocycles. The summed E-state index contributed by atoms with van der Waals surface area (Å²) in [7, 11) is 4.04. The Labute approximate surface area is 73.2 Å². The number of anilines is 1. The molecule has 0 unspecified atom stereocenters. The van der Waals surface area contributed by atoms with Crippen LogP contribution in [0.5, 0.6) is 0 Å². The molecule has 12 heavy (non-hydrogen) atoms. The van der Waals surface area contributed by atoms with Crippen LogP contribution in [0, 0.1) is 0 Å². The van der Waals surface area contributed by atoms with Gasteiger partial charge in [-0.05, 0) is 18.6 Å². The zero-order chi connectivity index (χ0) is 8.97. The summed E-state index contributed by atoms with van der Waals surface area (Å²) in [4.78, 5) is 2.07. The molecule has 1 aromatic heterocycles. The minimum atomic E-state index is 0.255. The first kappa shape index (κ1) is 9.13. The zero-order valence-electron chi connectivity index (χ0n) is 7.70. The van der Waals surface area contributed by atoms with Crippen LogP contribution in [0.25, 0.3) is 0 Å². The fourth-order valence-electron chi connectivity index (χ4n) is 1.24. The molecule has 0 bridgehead atoms. The largest absolute Gasteiger partial charge is 0.396 e. The van der Waals surface area contributed by atoms with Crippen LogP contribution >= 0.6 is 0 Å². The van der Waals surface area contributed by atoms with Crippen molar-refractivity contribution < 1.29 is 5.11 Å². The molecule has 0 aromatic carbocycles. The monoisotopic (exact) mass is 168 g/mol. The molecule has 1 aromatic rings. The van der Waals surface area contributed by atoms with Gasteiger partial charge in [-0.15, -0.1) is 0 Å². The molecule has 1 heterocycles. The molecule has 0 aliphatic carbocycles. The van der Waals surface area contributed by atoms with Gasteiger partial charge in [0, 0.05) is 33.4 Å². The predicted molar refractivity (Wildman–Crippen MR) is 50.5 cm³/mol. The van der Waals surface area contributed by atoms with Gasteiger partial charge in [0.2, 0.25) is 0 Å². The van der Waals surface area contributed by atoms with E-state index in [0.717, 1.165) is 13.0 Å². The highest BCUT2D eigenvalue weighted by Gasteiger charge is 2.00. The van der Waals surface area contributed by atoms with Crippen LogP contribution in [0.3, 0.4) is 0 Å². The highest BCUT2D eigenvalue weighted by molar-refractivity contribution is 5.38. The summed E-state index contributed by atoms with van der Waals surface area (Å²) in [5.74, 6) is 1.18. The number of aryl methyl sites for hydroxylation is 1. The molecule has 0 saturated carbocycles. The van der Waals surface area contributed by atoms with Gasteiger partial charge in [0.05, 0.1) is 0 Å². The SMILES string of the molecule is CN(C)c1cccn1CCCO. The second-order valence-corrected chi connectivity index (χ2v) is 3.03. The average molecular weight is 168 g/mol. The number of hydrogen-bond donors (Lipinski definition) is 1. The molecule has 0 atom stereocenters. The Balaban J connectivity index is 2.64. The van der Waals surface area contributed by atoms with E-state index in [-0.39, 0.29) is 6.61 Å². The lowest BCUT2D eigenvalue weighted by atomic mass is 10.4. The van der Waals surface area contributed by atoms with Crippen LogP contribution in [-0.4, -0.2) is 30.4 Å². The maximum atomic E-state index is 8.67. The standard InChI is InChI=1S/C9H16N2O/c1-10(2)9-5-3-6-11(9)7-4-8-12/h3,5-6,12H,4,7-8H2,1-2H3. The van der Waals surface area contributed by atoms with Gasteiger partial charge in [-0.1, -0.05) is 0 Å².